The maximum Gasteiger partial charge on any atom is 0.573 e. The van der Waals surface area contributed by atoms with Gasteiger partial charge >= 0.3 is 18.2 Å². The monoisotopic (exact) mass is 489 g/mol. The molecule has 0 bridgehead atoms. The van der Waals surface area contributed by atoms with E-state index in [1.54, 1.807) is 4.90 Å². The van der Waals surface area contributed by atoms with Crippen molar-refractivity contribution in [3.05, 3.63) is 59.0 Å². The maximum absolute atomic E-state index is 12.7. The molecule has 0 unspecified atom stereocenters. The van der Waals surface area contributed by atoms with Crippen LogP contribution in [-0.2, 0) is 12.8 Å². The van der Waals surface area contributed by atoms with Crippen LogP contribution in [0.25, 0.3) is 0 Å². The molecule has 182 valence electrons. The molecule has 15 heteroatoms. The van der Waals surface area contributed by atoms with E-state index in [0.717, 1.165) is 21.5 Å². The van der Waals surface area contributed by atoms with Crippen LogP contribution in [0.3, 0.4) is 0 Å². The summed E-state index contributed by atoms with van der Waals surface area (Å²) in [7, 11) is 0. The predicted molar refractivity (Wildman–Crippen MR) is 106 cm³/mol. The smallest absolute Gasteiger partial charge is 0.406 e. The van der Waals surface area contributed by atoms with Crippen molar-refractivity contribution in [2.45, 2.75) is 19.2 Å². The fourth-order valence-electron chi connectivity index (χ4n) is 3.37. The van der Waals surface area contributed by atoms with Crippen LogP contribution in [0, 0.1) is 0 Å². The number of alkyl halides is 6. The minimum Gasteiger partial charge on any atom is -0.406 e. The molecule has 1 fully saturated rings. The zero-order valence-electron chi connectivity index (χ0n) is 17.3. The van der Waals surface area contributed by atoms with Gasteiger partial charge in [0.05, 0.1) is 0 Å². The number of aromatic nitrogens is 5. The van der Waals surface area contributed by atoms with E-state index in [-0.39, 0.29) is 18.4 Å². The van der Waals surface area contributed by atoms with Gasteiger partial charge in [-0.15, -0.1) is 13.2 Å². The molecule has 34 heavy (non-hydrogen) atoms. The number of nitrogens with zero attached hydrogens (tertiary/aromatic N) is 7. The summed E-state index contributed by atoms with van der Waals surface area (Å²) in [6, 6.07) is 6.31. The first kappa shape index (κ1) is 23.4. The van der Waals surface area contributed by atoms with Gasteiger partial charge in [0.1, 0.15) is 18.7 Å². The molecule has 9 nitrogen and oxygen atoms in total. The average molecular weight is 489 g/mol. The molecule has 0 radical (unpaired) electrons. The van der Waals surface area contributed by atoms with Crippen LogP contribution >= 0.6 is 0 Å². The number of benzene rings is 1. The van der Waals surface area contributed by atoms with Gasteiger partial charge in [-0.05, 0) is 30.3 Å². The van der Waals surface area contributed by atoms with Gasteiger partial charge in [-0.3, -0.25) is 9.25 Å². The zero-order valence-corrected chi connectivity index (χ0v) is 17.3. The molecule has 3 heterocycles. The summed E-state index contributed by atoms with van der Waals surface area (Å²) in [5, 5.41) is 3.39. The van der Waals surface area contributed by atoms with E-state index >= 15 is 0 Å². The van der Waals surface area contributed by atoms with E-state index in [2.05, 4.69) is 19.8 Å². The lowest BCUT2D eigenvalue weighted by atomic mass is 10.2. The summed E-state index contributed by atoms with van der Waals surface area (Å²) in [6.45, 7) is 1.60. The molecular formula is C19H17F6N7O2. The topological polar surface area (TPSA) is 81.3 Å². The Morgan fingerprint density at radius 3 is 2.12 bits per heavy atom. The Morgan fingerprint density at radius 2 is 1.56 bits per heavy atom. The molecule has 1 aliphatic heterocycles. The zero-order chi connectivity index (χ0) is 24.5. The highest BCUT2D eigenvalue weighted by atomic mass is 19.4. The molecule has 1 aliphatic rings. The second-order valence-corrected chi connectivity index (χ2v) is 7.30. The van der Waals surface area contributed by atoms with Crippen LogP contribution in [0.15, 0.2) is 47.7 Å². The highest BCUT2D eigenvalue weighted by molar-refractivity contribution is 5.50. The summed E-state index contributed by atoms with van der Waals surface area (Å²) in [4.78, 5) is 24.1. The molecule has 2 aromatic heterocycles. The first-order valence-electron chi connectivity index (χ1n) is 9.88. The Morgan fingerprint density at radius 1 is 0.912 bits per heavy atom. The van der Waals surface area contributed by atoms with Crippen LogP contribution in [0.2, 0.25) is 0 Å². The number of rotatable bonds is 5. The largest absolute Gasteiger partial charge is 0.573 e. The van der Waals surface area contributed by atoms with Crippen molar-refractivity contribution < 1.29 is 31.1 Å². The van der Waals surface area contributed by atoms with Crippen molar-refractivity contribution in [1.82, 2.24) is 24.3 Å². The van der Waals surface area contributed by atoms with E-state index in [0.29, 0.717) is 31.9 Å². The van der Waals surface area contributed by atoms with Crippen LogP contribution in [0.4, 0.5) is 38.0 Å². The van der Waals surface area contributed by atoms with Crippen LogP contribution in [-0.4, -0.2) is 56.9 Å². The quantitative estimate of drug-likeness (QED) is 0.510. The predicted octanol–water partition coefficient (Wildman–Crippen LogP) is 2.58. The summed E-state index contributed by atoms with van der Waals surface area (Å²) >= 11 is 0. The molecule has 0 atom stereocenters. The molecule has 0 aliphatic carbocycles. The fourth-order valence-corrected chi connectivity index (χ4v) is 3.37. The average Bonchev–Trinajstić information content (AvgIpc) is 3.24. The highest BCUT2D eigenvalue weighted by Crippen LogP contribution is 2.27. The van der Waals surface area contributed by atoms with Gasteiger partial charge in [0.25, 0.3) is 0 Å². The van der Waals surface area contributed by atoms with E-state index < -0.39 is 23.9 Å². The van der Waals surface area contributed by atoms with Crippen molar-refractivity contribution in [3.63, 3.8) is 0 Å². The number of hydrogen-bond donors (Lipinski definition) is 0. The third-order valence-electron chi connectivity index (χ3n) is 4.98. The SMILES string of the molecule is O=c1nc(N2CCN(c3ccc(OC(F)(F)F)cc3)CC2)ncn1Cn1ccc(C(F)(F)F)n1. The Bertz CT molecular complexity index is 1180. The van der Waals surface area contributed by atoms with Gasteiger partial charge in [0.15, 0.2) is 5.69 Å². The number of anilines is 2. The maximum atomic E-state index is 12.7. The number of hydrogen-bond acceptors (Lipinski definition) is 7. The van der Waals surface area contributed by atoms with E-state index in [4.69, 9.17) is 0 Å². The van der Waals surface area contributed by atoms with Crippen molar-refractivity contribution in [2.75, 3.05) is 36.0 Å². The third-order valence-corrected chi connectivity index (χ3v) is 4.98. The molecular weight excluding hydrogens is 472 g/mol. The number of halogens is 6. The summed E-state index contributed by atoms with van der Waals surface area (Å²) in [6.07, 6.45) is -7.06. The van der Waals surface area contributed by atoms with Gasteiger partial charge in [-0.1, -0.05) is 0 Å². The minimum atomic E-state index is -4.76. The molecule has 3 aromatic rings. The summed E-state index contributed by atoms with van der Waals surface area (Å²) in [5.41, 5.74) is -1.06. The molecule has 0 saturated carbocycles. The summed E-state index contributed by atoms with van der Waals surface area (Å²) in [5.74, 6) is -0.139. The van der Waals surface area contributed by atoms with Crippen molar-refractivity contribution in [3.8, 4) is 5.75 Å². The molecule has 0 amide bonds. The van der Waals surface area contributed by atoms with E-state index in [9.17, 15) is 31.1 Å². The van der Waals surface area contributed by atoms with Crippen LogP contribution in [0.5, 0.6) is 5.75 Å². The first-order chi connectivity index (χ1) is 16.0. The Kier molecular flexibility index (Phi) is 6.10. The molecule has 1 aromatic carbocycles. The Labute approximate surface area is 187 Å². The minimum absolute atomic E-state index is 0.172. The molecule has 0 spiro atoms. The normalized spacial score (nSPS) is 15.0. The standard InChI is InChI=1S/C19H17F6N7O2/c20-18(21,22)15-5-6-32(28-15)12-31-11-26-16(27-17(31)33)30-9-7-29(8-10-30)13-1-3-14(4-2-13)34-19(23,24)25/h1-6,11H,7-10,12H2. The first-order valence-corrected chi connectivity index (χ1v) is 9.88. The Balaban J connectivity index is 1.36. The number of piperazine rings is 1. The van der Waals surface area contributed by atoms with Crippen molar-refractivity contribution in [2.24, 2.45) is 0 Å². The van der Waals surface area contributed by atoms with Gasteiger partial charge in [0, 0.05) is 38.1 Å². The number of ether oxygens (including phenoxy) is 1. The van der Waals surface area contributed by atoms with Crippen LogP contribution in [0.1, 0.15) is 5.69 Å². The molecule has 1 saturated heterocycles. The van der Waals surface area contributed by atoms with E-state index in [1.165, 1.54) is 30.6 Å². The van der Waals surface area contributed by atoms with E-state index in [1.807, 2.05) is 4.90 Å². The molecule has 4 rings (SSSR count). The second-order valence-electron chi connectivity index (χ2n) is 7.30. The van der Waals surface area contributed by atoms with Gasteiger partial charge < -0.3 is 14.5 Å². The molecule has 0 N–H and O–H groups in total. The van der Waals surface area contributed by atoms with Crippen molar-refractivity contribution >= 4 is 11.6 Å². The van der Waals surface area contributed by atoms with Gasteiger partial charge in [0.2, 0.25) is 5.95 Å². The lowest BCUT2D eigenvalue weighted by Gasteiger charge is -2.36. The second kappa shape index (κ2) is 8.87. The Hall–Kier alpha value is -3.78. The highest BCUT2D eigenvalue weighted by Gasteiger charge is 2.33. The lowest BCUT2D eigenvalue weighted by molar-refractivity contribution is -0.274. The summed E-state index contributed by atoms with van der Waals surface area (Å²) < 4.78 is 80.7. The lowest BCUT2D eigenvalue weighted by Crippen LogP contribution is -2.47. The van der Waals surface area contributed by atoms with Crippen molar-refractivity contribution in [1.29, 1.82) is 0 Å². The third kappa shape index (κ3) is 5.58. The fraction of sp³-hybridized carbons (Fsp3) is 0.368. The van der Waals surface area contributed by atoms with Gasteiger partial charge in [-0.25, -0.2) is 9.78 Å². The van der Waals surface area contributed by atoms with Crippen LogP contribution < -0.4 is 20.2 Å². The van der Waals surface area contributed by atoms with Gasteiger partial charge in [-0.2, -0.15) is 23.3 Å².